The van der Waals surface area contributed by atoms with Gasteiger partial charge in [0, 0.05) is 0 Å². The monoisotopic (exact) mass is 176 g/mol. The van der Waals surface area contributed by atoms with E-state index in [4.69, 9.17) is 17.0 Å². The second-order valence-corrected chi connectivity index (χ2v) is 3.04. The third-order valence-corrected chi connectivity index (χ3v) is 1.99. The minimum absolute atomic E-state index is 0.542. The lowest BCUT2D eigenvalue weighted by atomic mass is 10.1. The molecular formula is C10H8OS. The number of hydrogen-bond acceptors (Lipinski definition) is 2. The summed E-state index contributed by atoms with van der Waals surface area (Å²) >= 11 is 4.96. The van der Waals surface area contributed by atoms with E-state index >= 15 is 0 Å². The minimum atomic E-state index is 0.542. The number of allylic oxidation sites excluding steroid dienone is 1. The molecule has 60 valence electrons. The lowest BCUT2D eigenvalue weighted by molar-refractivity contribution is 0.565. The van der Waals surface area contributed by atoms with Crippen molar-refractivity contribution in [2.75, 3.05) is 0 Å². The van der Waals surface area contributed by atoms with Crippen LogP contribution >= 0.6 is 12.2 Å². The number of para-hydroxylation sites is 1. The van der Waals surface area contributed by atoms with Crippen LogP contribution in [0.25, 0.3) is 0 Å². The van der Waals surface area contributed by atoms with Gasteiger partial charge in [-0.3, -0.25) is 0 Å². The molecule has 2 heteroatoms. The first-order chi connectivity index (χ1) is 5.86. The molecule has 0 saturated carbocycles. The van der Waals surface area contributed by atoms with Crippen LogP contribution in [0.4, 0.5) is 0 Å². The Morgan fingerprint density at radius 3 is 3.00 bits per heavy atom. The molecular weight excluding hydrogens is 168 g/mol. The molecule has 0 N–H and O–H groups in total. The molecule has 0 saturated heterocycles. The van der Waals surface area contributed by atoms with Gasteiger partial charge >= 0.3 is 0 Å². The summed E-state index contributed by atoms with van der Waals surface area (Å²) in [4.78, 5) is 0. The van der Waals surface area contributed by atoms with Crippen LogP contribution in [0, 0.1) is 0 Å². The lowest BCUT2D eigenvalue weighted by Gasteiger charge is -2.04. The molecule has 1 aliphatic rings. The van der Waals surface area contributed by atoms with Gasteiger partial charge in [-0.15, -0.1) is 0 Å². The average Bonchev–Trinajstić information content (AvgIpc) is 2.25. The molecule has 1 aliphatic heterocycles. The smallest absolute Gasteiger partial charge is 0.190 e. The van der Waals surface area contributed by atoms with Gasteiger partial charge in [-0.1, -0.05) is 24.3 Å². The molecule has 2 rings (SSSR count). The first-order valence-electron chi connectivity index (χ1n) is 3.82. The van der Waals surface area contributed by atoms with Crippen molar-refractivity contribution in [1.82, 2.24) is 0 Å². The number of fused-ring (bicyclic) bond motifs is 1. The Bertz CT molecular complexity index is 341. The van der Waals surface area contributed by atoms with Crippen molar-refractivity contribution in [3.63, 3.8) is 0 Å². The molecule has 12 heavy (non-hydrogen) atoms. The van der Waals surface area contributed by atoms with E-state index in [0.717, 1.165) is 12.2 Å². The summed E-state index contributed by atoms with van der Waals surface area (Å²) in [6.45, 7) is 0. The van der Waals surface area contributed by atoms with Crippen molar-refractivity contribution in [1.29, 1.82) is 0 Å². The van der Waals surface area contributed by atoms with Gasteiger partial charge in [0.25, 0.3) is 0 Å². The molecule has 1 heterocycles. The summed E-state index contributed by atoms with van der Waals surface area (Å²) in [7, 11) is 0. The van der Waals surface area contributed by atoms with Crippen molar-refractivity contribution in [3.05, 3.63) is 42.0 Å². The third kappa shape index (κ3) is 1.38. The highest BCUT2D eigenvalue weighted by atomic mass is 32.1. The van der Waals surface area contributed by atoms with E-state index in [1.165, 1.54) is 5.56 Å². The van der Waals surface area contributed by atoms with Crippen LogP contribution in [-0.4, -0.2) is 5.05 Å². The van der Waals surface area contributed by atoms with Crippen molar-refractivity contribution >= 4 is 17.3 Å². The Kier molecular flexibility index (Phi) is 1.92. The van der Waals surface area contributed by atoms with Crippen LogP contribution in [0.2, 0.25) is 0 Å². The van der Waals surface area contributed by atoms with E-state index < -0.39 is 0 Å². The van der Waals surface area contributed by atoms with E-state index in [0.29, 0.717) is 5.05 Å². The summed E-state index contributed by atoms with van der Waals surface area (Å²) in [6, 6.07) is 7.94. The largest absolute Gasteiger partial charge is 0.446 e. The average molecular weight is 176 g/mol. The van der Waals surface area contributed by atoms with Gasteiger partial charge < -0.3 is 4.74 Å². The van der Waals surface area contributed by atoms with Gasteiger partial charge in [-0.25, -0.2) is 0 Å². The van der Waals surface area contributed by atoms with Crippen molar-refractivity contribution in [2.24, 2.45) is 0 Å². The molecule has 1 aromatic rings. The molecule has 1 nitrogen and oxygen atoms in total. The molecule has 0 aliphatic carbocycles. The zero-order chi connectivity index (χ0) is 8.39. The Morgan fingerprint density at radius 2 is 2.08 bits per heavy atom. The summed E-state index contributed by atoms with van der Waals surface area (Å²) in [5.41, 5.74) is 1.19. The molecule has 0 amide bonds. The van der Waals surface area contributed by atoms with Crippen molar-refractivity contribution in [3.8, 4) is 5.75 Å². The van der Waals surface area contributed by atoms with E-state index in [-0.39, 0.29) is 0 Å². The summed E-state index contributed by atoms with van der Waals surface area (Å²) in [6.07, 6.45) is 4.75. The Labute approximate surface area is 76.7 Å². The molecule has 0 radical (unpaired) electrons. The Morgan fingerprint density at radius 1 is 1.25 bits per heavy atom. The predicted molar refractivity (Wildman–Crippen MR) is 52.5 cm³/mol. The number of thiocarbonyl (C=S) groups is 1. The van der Waals surface area contributed by atoms with Crippen LogP contribution in [0.3, 0.4) is 0 Å². The van der Waals surface area contributed by atoms with Crippen LogP contribution < -0.4 is 4.74 Å². The topological polar surface area (TPSA) is 9.23 Å². The lowest BCUT2D eigenvalue weighted by Crippen LogP contribution is -1.99. The fourth-order valence-electron chi connectivity index (χ4n) is 1.20. The molecule has 0 unspecified atom stereocenters. The molecule has 0 aromatic heterocycles. The maximum Gasteiger partial charge on any atom is 0.190 e. The third-order valence-electron chi connectivity index (χ3n) is 1.77. The van der Waals surface area contributed by atoms with Gasteiger partial charge in [-0.05, 0) is 36.3 Å². The molecule has 0 spiro atoms. The Balaban J connectivity index is 2.44. The number of benzene rings is 1. The number of rotatable bonds is 0. The maximum absolute atomic E-state index is 5.40. The summed E-state index contributed by atoms with van der Waals surface area (Å²) in [5, 5.41) is 0.542. The highest BCUT2D eigenvalue weighted by Crippen LogP contribution is 2.21. The standard InChI is InChI=1S/C10H8OS/c12-10-7-3-5-8-4-1-2-6-9(8)11-10/h1-4,6-7H,5H2. The molecule has 1 aromatic carbocycles. The van der Waals surface area contributed by atoms with Crippen LogP contribution in [0.5, 0.6) is 5.75 Å². The molecule has 0 atom stereocenters. The quantitative estimate of drug-likeness (QED) is 0.562. The Hall–Kier alpha value is -1.15. The van der Waals surface area contributed by atoms with Gasteiger partial charge in [0.1, 0.15) is 5.75 Å². The SMILES string of the molecule is S=C1C=CCc2ccccc2O1. The van der Waals surface area contributed by atoms with E-state index in [2.05, 4.69) is 0 Å². The second kappa shape index (κ2) is 3.07. The second-order valence-electron chi connectivity index (χ2n) is 2.64. The number of ether oxygens (including phenoxy) is 1. The van der Waals surface area contributed by atoms with E-state index in [9.17, 15) is 0 Å². The minimum Gasteiger partial charge on any atom is -0.446 e. The fourth-order valence-corrected chi connectivity index (χ4v) is 1.38. The highest BCUT2D eigenvalue weighted by molar-refractivity contribution is 7.80. The summed E-state index contributed by atoms with van der Waals surface area (Å²) in [5.74, 6) is 0.882. The van der Waals surface area contributed by atoms with E-state index in [1.54, 1.807) is 0 Å². The first-order valence-corrected chi connectivity index (χ1v) is 4.23. The first kappa shape index (κ1) is 7.50. The van der Waals surface area contributed by atoms with Gasteiger partial charge in [0.05, 0.1) is 0 Å². The maximum atomic E-state index is 5.40. The zero-order valence-electron chi connectivity index (χ0n) is 6.49. The van der Waals surface area contributed by atoms with Gasteiger partial charge in [-0.2, -0.15) is 0 Å². The number of hydrogen-bond donors (Lipinski definition) is 0. The van der Waals surface area contributed by atoms with Crippen LogP contribution in [0.15, 0.2) is 36.4 Å². The molecule has 0 fully saturated rings. The fraction of sp³-hybridized carbons (Fsp3) is 0.100. The summed E-state index contributed by atoms with van der Waals surface area (Å²) < 4.78 is 5.40. The van der Waals surface area contributed by atoms with Crippen molar-refractivity contribution in [2.45, 2.75) is 6.42 Å². The van der Waals surface area contributed by atoms with E-state index in [1.807, 2.05) is 36.4 Å². The van der Waals surface area contributed by atoms with Crippen LogP contribution in [-0.2, 0) is 6.42 Å². The van der Waals surface area contributed by atoms with Gasteiger partial charge in [0.2, 0.25) is 0 Å². The molecule has 0 bridgehead atoms. The highest BCUT2D eigenvalue weighted by Gasteiger charge is 2.05. The van der Waals surface area contributed by atoms with Crippen molar-refractivity contribution < 1.29 is 4.74 Å². The van der Waals surface area contributed by atoms with Crippen LogP contribution in [0.1, 0.15) is 5.56 Å². The predicted octanol–water partition coefficient (Wildman–Crippen LogP) is 2.51. The normalized spacial score (nSPS) is 14.8. The zero-order valence-corrected chi connectivity index (χ0v) is 7.30. The van der Waals surface area contributed by atoms with Gasteiger partial charge in [0.15, 0.2) is 5.05 Å².